The van der Waals surface area contributed by atoms with Gasteiger partial charge in [-0.1, -0.05) is 13.8 Å². The molecule has 19 heavy (non-hydrogen) atoms. The van der Waals surface area contributed by atoms with E-state index in [9.17, 15) is 18.0 Å². The quantitative estimate of drug-likeness (QED) is 0.304. The van der Waals surface area contributed by atoms with E-state index in [4.69, 9.17) is 14.0 Å². The van der Waals surface area contributed by atoms with Crippen molar-refractivity contribution < 1.29 is 32.0 Å². The van der Waals surface area contributed by atoms with Crippen molar-refractivity contribution in [2.45, 2.75) is 33.5 Å². The summed E-state index contributed by atoms with van der Waals surface area (Å²) in [4.78, 5) is 22.1. The Morgan fingerprint density at radius 3 is 2.26 bits per heavy atom. The summed E-state index contributed by atoms with van der Waals surface area (Å²) >= 11 is 0. The summed E-state index contributed by atoms with van der Waals surface area (Å²) in [6, 6.07) is 0. The third kappa shape index (κ3) is 10.3. The van der Waals surface area contributed by atoms with Gasteiger partial charge in [0.2, 0.25) is 0 Å². The summed E-state index contributed by atoms with van der Waals surface area (Å²) in [6.07, 6.45) is -1.78. The van der Waals surface area contributed by atoms with Crippen molar-refractivity contribution in [3.63, 3.8) is 0 Å². The number of esters is 1. The average molecular weight is 297 g/mol. The highest BCUT2D eigenvalue weighted by atomic mass is 32.2. The molecule has 0 aromatic rings. The number of alkyl carbamates (subject to hydrolysis) is 1. The first-order valence-corrected chi connectivity index (χ1v) is 7.29. The lowest BCUT2D eigenvalue weighted by molar-refractivity contribution is -0.172. The van der Waals surface area contributed by atoms with E-state index >= 15 is 0 Å². The Bertz CT molecular complexity index is 404. The Labute approximate surface area is 112 Å². The van der Waals surface area contributed by atoms with Gasteiger partial charge in [0.05, 0.1) is 5.75 Å². The lowest BCUT2D eigenvalue weighted by atomic mass is 10.2. The topological polar surface area (TPSA) is 119 Å². The second-order valence-electron chi connectivity index (χ2n) is 4.19. The predicted molar refractivity (Wildman–Crippen MR) is 65.9 cm³/mol. The third-order valence-corrected chi connectivity index (χ3v) is 2.70. The molecule has 0 fully saturated rings. The molecule has 0 rings (SSSR count). The number of carbonyl (C=O) groups is 2. The van der Waals surface area contributed by atoms with Gasteiger partial charge >= 0.3 is 12.1 Å². The molecule has 0 aliphatic carbocycles. The minimum atomic E-state index is -4.04. The summed E-state index contributed by atoms with van der Waals surface area (Å²) in [5, 5.41) is 2.29. The van der Waals surface area contributed by atoms with Crippen molar-refractivity contribution in [1.29, 1.82) is 0 Å². The van der Waals surface area contributed by atoms with Gasteiger partial charge < -0.3 is 14.8 Å². The van der Waals surface area contributed by atoms with E-state index in [1.54, 1.807) is 13.8 Å². The molecule has 0 saturated heterocycles. The van der Waals surface area contributed by atoms with Crippen LogP contribution in [0, 0.1) is 5.92 Å². The first-order chi connectivity index (χ1) is 8.61. The zero-order valence-corrected chi connectivity index (χ0v) is 11.9. The van der Waals surface area contributed by atoms with E-state index in [0.717, 1.165) is 0 Å². The third-order valence-electron chi connectivity index (χ3n) is 1.90. The second-order valence-corrected chi connectivity index (χ2v) is 5.77. The van der Waals surface area contributed by atoms with Crippen LogP contribution in [-0.4, -0.2) is 43.6 Å². The molecule has 0 radical (unpaired) electrons. The maximum Gasteiger partial charge on any atom is 0.410 e. The van der Waals surface area contributed by atoms with Crippen LogP contribution in [0.2, 0.25) is 0 Å². The molecule has 112 valence electrons. The zero-order valence-electron chi connectivity index (χ0n) is 11.1. The van der Waals surface area contributed by atoms with E-state index in [1.807, 2.05) is 0 Å². The monoisotopic (exact) mass is 297 g/mol. The first-order valence-electron chi connectivity index (χ1n) is 5.68. The highest BCUT2D eigenvalue weighted by Crippen LogP contribution is 2.08. The lowest BCUT2D eigenvalue weighted by Crippen LogP contribution is -2.35. The smallest absolute Gasteiger partial charge is 0.410 e. The largest absolute Gasteiger partial charge is 0.425 e. The number of rotatable bonds is 7. The van der Waals surface area contributed by atoms with Gasteiger partial charge in [-0.3, -0.25) is 9.35 Å². The van der Waals surface area contributed by atoms with Gasteiger partial charge in [0.15, 0.2) is 0 Å². The number of ether oxygens (including phenoxy) is 2. The molecule has 1 unspecified atom stereocenters. The Hall–Kier alpha value is -1.35. The number of hydrogen-bond donors (Lipinski definition) is 2. The molecule has 0 bridgehead atoms. The molecule has 0 saturated carbocycles. The fraction of sp³-hybridized carbons (Fsp3) is 0.800. The van der Waals surface area contributed by atoms with Crippen molar-refractivity contribution in [2.75, 3.05) is 12.3 Å². The number of carbonyl (C=O) groups excluding carboxylic acids is 2. The van der Waals surface area contributed by atoms with Gasteiger partial charge in [0.25, 0.3) is 16.4 Å². The molecule has 0 aliphatic rings. The maximum atomic E-state index is 11.3. The Morgan fingerprint density at radius 2 is 1.84 bits per heavy atom. The predicted octanol–water partition coefficient (Wildman–Crippen LogP) is 0.536. The summed E-state index contributed by atoms with van der Waals surface area (Å²) < 4.78 is 38.9. The average Bonchev–Trinajstić information content (AvgIpc) is 2.21. The molecular formula is C10H19NO7S. The lowest BCUT2D eigenvalue weighted by Gasteiger charge is -2.20. The standard InChI is InChI=1S/C10H19NO7S/c1-7(2)9(17-8(3)12)18-10(13)11-5-4-6-19(14,15)16/h7,9H,4-6H2,1-3H3,(H,11,13)(H,14,15,16). The molecule has 0 spiro atoms. The minimum Gasteiger partial charge on any atom is -0.425 e. The number of amides is 1. The van der Waals surface area contributed by atoms with Crippen molar-refractivity contribution in [3.05, 3.63) is 0 Å². The van der Waals surface area contributed by atoms with E-state index in [1.165, 1.54) is 6.92 Å². The van der Waals surface area contributed by atoms with E-state index in [2.05, 4.69) is 5.32 Å². The van der Waals surface area contributed by atoms with E-state index in [-0.39, 0.29) is 18.9 Å². The van der Waals surface area contributed by atoms with Crippen LogP contribution in [0.5, 0.6) is 0 Å². The van der Waals surface area contributed by atoms with Crippen molar-refractivity contribution in [2.24, 2.45) is 5.92 Å². The van der Waals surface area contributed by atoms with Crippen LogP contribution in [0.25, 0.3) is 0 Å². The van der Waals surface area contributed by atoms with Crippen molar-refractivity contribution in [3.8, 4) is 0 Å². The van der Waals surface area contributed by atoms with Crippen molar-refractivity contribution in [1.82, 2.24) is 5.32 Å². The Kier molecular flexibility index (Phi) is 7.38. The minimum absolute atomic E-state index is 0.0174. The normalized spacial score (nSPS) is 12.9. The van der Waals surface area contributed by atoms with Gasteiger partial charge in [-0.05, 0) is 6.42 Å². The number of nitrogens with one attached hydrogen (secondary N) is 1. The van der Waals surface area contributed by atoms with Gasteiger partial charge in [-0.2, -0.15) is 8.42 Å². The fourth-order valence-corrected chi connectivity index (χ4v) is 1.56. The Morgan fingerprint density at radius 1 is 1.26 bits per heavy atom. The van der Waals surface area contributed by atoms with Crippen LogP contribution in [0.4, 0.5) is 4.79 Å². The highest BCUT2D eigenvalue weighted by molar-refractivity contribution is 7.85. The van der Waals surface area contributed by atoms with Crippen LogP contribution in [0.1, 0.15) is 27.2 Å². The van der Waals surface area contributed by atoms with Gasteiger partial charge in [0, 0.05) is 19.4 Å². The Balaban J connectivity index is 4.03. The number of hydrogen-bond acceptors (Lipinski definition) is 6. The summed E-state index contributed by atoms with van der Waals surface area (Å²) in [7, 11) is -4.04. The van der Waals surface area contributed by atoms with E-state index in [0.29, 0.717) is 0 Å². The van der Waals surface area contributed by atoms with Gasteiger partial charge in [-0.25, -0.2) is 4.79 Å². The fourth-order valence-electron chi connectivity index (χ4n) is 1.05. The molecule has 8 nitrogen and oxygen atoms in total. The summed E-state index contributed by atoms with van der Waals surface area (Å²) in [5.41, 5.74) is 0. The SMILES string of the molecule is CC(=O)OC(OC(=O)NCCCS(=O)(=O)O)C(C)C. The van der Waals surface area contributed by atoms with Crippen LogP contribution in [-0.2, 0) is 24.4 Å². The molecule has 0 aromatic carbocycles. The molecule has 0 heterocycles. The van der Waals surface area contributed by atoms with Gasteiger partial charge in [-0.15, -0.1) is 0 Å². The van der Waals surface area contributed by atoms with E-state index < -0.39 is 34.2 Å². The molecule has 1 amide bonds. The van der Waals surface area contributed by atoms with Crippen LogP contribution in [0.15, 0.2) is 0 Å². The molecule has 2 N–H and O–H groups in total. The molecule has 0 aromatic heterocycles. The first kappa shape index (κ1) is 17.6. The van der Waals surface area contributed by atoms with Crippen LogP contribution in [0.3, 0.4) is 0 Å². The zero-order chi connectivity index (χ0) is 15.1. The second kappa shape index (κ2) is 7.95. The van der Waals surface area contributed by atoms with Gasteiger partial charge in [0.1, 0.15) is 0 Å². The molecule has 0 aliphatic heterocycles. The molecule has 9 heteroatoms. The van der Waals surface area contributed by atoms with Crippen molar-refractivity contribution >= 4 is 22.2 Å². The molecule has 1 atom stereocenters. The summed E-state index contributed by atoms with van der Waals surface area (Å²) in [6.45, 7) is 4.63. The van der Waals surface area contributed by atoms with Crippen LogP contribution < -0.4 is 5.32 Å². The highest BCUT2D eigenvalue weighted by Gasteiger charge is 2.21. The summed E-state index contributed by atoms with van der Waals surface area (Å²) in [5.74, 6) is -1.24. The van der Waals surface area contributed by atoms with Crippen LogP contribution >= 0.6 is 0 Å². The molecular weight excluding hydrogens is 278 g/mol. The maximum absolute atomic E-state index is 11.3.